The van der Waals surface area contributed by atoms with Gasteiger partial charge in [0, 0.05) is 26.1 Å². The molecule has 0 aliphatic carbocycles. The molecule has 4 nitrogen and oxygen atoms in total. The summed E-state index contributed by atoms with van der Waals surface area (Å²) in [7, 11) is 0. The minimum atomic E-state index is -0.470. The van der Waals surface area contributed by atoms with Crippen molar-refractivity contribution in [3.63, 3.8) is 0 Å². The van der Waals surface area contributed by atoms with Crippen LogP contribution in [0, 0.1) is 5.82 Å². The van der Waals surface area contributed by atoms with Crippen molar-refractivity contribution in [1.82, 2.24) is 4.90 Å². The number of rotatable bonds is 10. The van der Waals surface area contributed by atoms with Crippen LogP contribution in [0.2, 0.25) is 0 Å². The molecule has 0 unspecified atom stereocenters. The first kappa shape index (κ1) is 20.2. The van der Waals surface area contributed by atoms with Crippen LogP contribution in [0.3, 0.4) is 0 Å². The zero-order chi connectivity index (χ0) is 19.8. The highest BCUT2D eigenvalue weighted by molar-refractivity contribution is 6.01. The Morgan fingerprint density at radius 1 is 1.25 bits per heavy atom. The van der Waals surface area contributed by atoms with Crippen molar-refractivity contribution in [1.29, 1.82) is 0 Å². The van der Waals surface area contributed by atoms with Gasteiger partial charge in [-0.3, -0.25) is 4.90 Å². The van der Waals surface area contributed by atoms with E-state index in [4.69, 9.17) is 4.84 Å². The fourth-order valence-corrected chi connectivity index (χ4v) is 3.41. The van der Waals surface area contributed by atoms with Crippen molar-refractivity contribution >= 4 is 5.71 Å². The molecule has 0 amide bonds. The van der Waals surface area contributed by atoms with E-state index < -0.39 is 6.10 Å². The summed E-state index contributed by atoms with van der Waals surface area (Å²) in [5.74, 6) is -0.253. The molecule has 2 aromatic rings. The van der Waals surface area contributed by atoms with Crippen LogP contribution in [0.15, 0.2) is 72.4 Å². The van der Waals surface area contributed by atoms with Gasteiger partial charge in [-0.15, -0.1) is 6.58 Å². The average Bonchev–Trinajstić information content (AvgIpc) is 3.15. The average molecular weight is 382 g/mol. The van der Waals surface area contributed by atoms with Gasteiger partial charge in [0.05, 0.1) is 11.8 Å². The second-order valence-corrected chi connectivity index (χ2v) is 7.18. The Morgan fingerprint density at radius 2 is 2.07 bits per heavy atom. The van der Waals surface area contributed by atoms with Crippen molar-refractivity contribution in [3.05, 3.63) is 84.2 Å². The molecule has 5 heteroatoms. The Balaban J connectivity index is 1.62. The van der Waals surface area contributed by atoms with Gasteiger partial charge in [0.1, 0.15) is 11.9 Å². The number of aliphatic hydroxyl groups is 1. The molecular weight excluding hydrogens is 355 g/mol. The molecule has 1 aliphatic rings. The third kappa shape index (κ3) is 6.01. The van der Waals surface area contributed by atoms with Crippen LogP contribution < -0.4 is 0 Å². The molecule has 2 atom stereocenters. The molecule has 1 aliphatic heterocycles. The Hall–Kier alpha value is -2.50. The van der Waals surface area contributed by atoms with Crippen molar-refractivity contribution in [2.45, 2.75) is 38.0 Å². The maximum absolute atomic E-state index is 13.6. The summed E-state index contributed by atoms with van der Waals surface area (Å²) < 4.78 is 13.6. The van der Waals surface area contributed by atoms with E-state index in [1.165, 1.54) is 12.1 Å². The van der Waals surface area contributed by atoms with Crippen LogP contribution in [-0.4, -0.2) is 41.0 Å². The molecule has 1 N–H and O–H groups in total. The SMILES string of the molecule is C=CCC[C@@H](O)CN(Cc1cccc(F)c1)C[C@H]1CC(c2ccccc2)=NO1. The van der Waals surface area contributed by atoms with Gasteiger partial charge in [-0.2, -0.15) is 0 Å². The van der Waals surface area contributed by atoms with Gasteiger partial charge in [0.2, 0.25) is 0 Å². The predicted octanol–water partition coefficient (Wildman–Crippen LogP) is 4.15. The first-order valence-electron chi connectivity index (χ1n) is 9.68. The maximum atomic E-state index is 13.6. The predicted molar refractivity (Wildman–Crippen MR) is 110 cm³/mol. The van der Waals surface area contributed by atoms with Crippen LogP contribution in [-0.2, 0) is 11.4 Å². The zero-order valence-electron chi connectivity index (χ0n) is 16.0. The van der Waals surface area contributed by atoms with Gasteiger partial charge in [-0.25, -0.2) is 4.39 Å². The number of allylic oxidation sites excluding steroid dienone is 1. The van der Waals surface area contributed by atoms with Gasteiger partial charge in [-0.1, -0.05) is 53.7 Å². The first-order valence-corrected chi connectivity index (χ1v) is 9.68. The van der Waals surface area contributed by atoms with Gasteiger partial charge in [0.15, 0.2) is 0 Å². The number of aliphatic hydroxyl groups excluding tert-OH is 1. The Labute approximate surface area is 165 Å². The minimum absolute atomic E-state index is 0.0876. The Kier molecular flexibility index (Phi) is 7.34. The normalized spacial score (nSPS) is 17.2. The van der Waals surface area contributed by atoms with Gasteiger partial charge in [0.25, 0.3) is 0 Å². The molecule has 2 aromatic carbocycles. The first-order chi connectivity index (χ1) is 13.6. The molecule has 0 saturated heterocycles. The summed E-state index contributed by atoms with van der Waals surface area (Å²) in [5.41, 5.74) is 2.87. The molecule has 0 bridgehead atoms. The second kappa shape index (κ2) is 10.2. The molecular formula is C23H27FN2O2. The lowest BCUT2D eigenvalue weighted by Gasteiger charge is -2.27. The number of hydrogen-bond donors (Lipinski definition) is 1. The van der Waals surface area contributed by atoms with Crippen LogP contribution in [0.4, 0.5) is 4.39 Å². The fraction of sp³-hybridized carbons (Fsp3) is 0.348. The summed E-state index contributed by atoms with van der Waals surface area (Å²) in [6.45, 7) is 5.36. The standard InChI is InChI=1S/C23H27FN2O2/c1-2-3-12-21(27)16-26(15-18-8-7-11-20(24)13-18)17-22-14-23(25-28-22)19-9-5-4-6-10-19/h2,4-11,13,21-22,27H,1,3,12,14-17H2/t21-,22-/m1/s1. The number of halogens is 1. The van der Waals surface area contributed by atoms with E-state index >= 15 is 0 Å². The van der Waals surface area contributed by atoms with Crippen molar-refractivity contribution in [2.75, 3.05) is 13.1 Å². The Bertz CT molecular complexity index is 794. The molecule has 1 heterocycles. The molecule has 0 fully saturated rings. The lowest BCUT2D eigenvalue weighted by Crippen LogP contribution is -2.37. The fourth-order valence-electron chi connectivity index (χ4n) is 3.41. The van der Waals surface area contributed by atoms with Gasteiger partial charge >= 0.3 is 0 Å². The number of nitrogens with zero attached hydrogens (tertiary/aromatic N) is 2. The van der Waals surface area contributed by atoms with Crippen LogP contribution >= 0.6 is 0 Å². The number of oxime groups is 1. The highest BCUT2D eigenvalue weighted by Crippen LogP contribution is 2.19. The summed E-state index contributed by atoms with van der Waals surface area (Å²) in [6.07, 6.45) is 3.38. The summed E-state index contributed by atoms with van der Waals surface area (Å²) in [4.78, 5) is 7.76. The lowest BCUT2D eigenvalue weighted by molar-refractivity contribution is 0.0308. The number of hydrogen-bond acceptors (Lipinski definition) is 4. The smallest absolute Gasteiger partial charge is 0.145 e. The quantitative estimate of drug-likeness (QED) is 0.628. The topological polar surface area (TPSA) is 45.1 Å². The molecule has 3 rings (SSSR count). The summed E-state index contributed by atoms with van der Waals surface area (Å²) in [5, 5.41) is 14.6. The van der Waals surface area contributed by atoms with Crippen molar-refractivity contribution < 1.29 is 14.3 Å². The molecule has 0 spiro atoms. The molecule has 148 valence electrons. The molecule has 0 radical (unpaired) electrons. The highest BCUT2D eigenvalue weighted by Gasteiger charge is 2.25. The molecule has 28 heavy (non-hydrogen) atoms. The summed E-state index contributed by atoms with van der Waals surface area (Å²) >= 11 is 0. The molecule has 0 saturated carbocycles. The van der Waals surface area contributed by atoms with Gasteiger partial charge in [-0.05, 0) is 36.1 Å². The third-order valence-corrected chi connectivity index (χ3v) is 4.77. The summed E-state index contributed by atoms with van der Waals surface area (Å²) in [6, 6.07) is 16.6. The van der Waals surface area contributed by atoms with E-state index in [-0.39, 0.29) is 11.9 Å². The monoisotopic (exact) mass is 382 g/mol. The van der Waals surface area contributed by atoms with E-state index in [0.717, 1.165) is 23.3 Å². The lowest BCUT2D eigenvalue weighted by atomic mass is 10.0. The third-order valence-electron chi connectivity index (χ3n) is 4.77. The largest absolute Gasteiger partial charge is 0.392 e. The van der Waals surface area contributed by atoms with Crippen molar-refractivity contribution in [3.8, 4) is 0 Å². The van der Waals surface area contributed by atoms with Crippen LogP contribution in [0.25, 0.3) is 0 Å². The molecule has 0 aromatic heterocycles. The number of benzene rings is 2. The van der Waals surface area contributed by atoms with Gasteiger partial charge < -0.3 is 9.94 Å². The van der Waals surface area contributed by atoms with E-state index in [9.17, 15) is 9.50 Å². The van der Waals surface area contributed by atoms with E-state index in [1.54, 1.807) is 12.1 Å². The van der Waals surface area contributed by atoms with Crippen molar-refractivity contribution in [2.24, 2.45) is 5.16 Å². The zero-order valence-corrected chi connectivity index (χ0v) is 16.0. The maximum Gasteiger partial charge on any atom is 0.145 e. The van der Waals surface area contributed by atoms with E-state index in [1.807, 2.05) is 36.4 Å². The second-order valence-electron chi connectivity index (χ2n) is 7.18. The minimum Gasteiger partial charge on any atom is -0.392 e. The van der Waals surface area contributed by atoms with E-state index in [0.29, 0.717) is 32.5 Å². The van der Waals surface area contributed by atoms with Crippen LogP contribution in [0.1, 0.15) is 30.4 Å². The Morgan fingerprint density at radius 3 is 2.82 bits per heavy atom. The van der Waals surface area contributed by atoms with E-state index in [2.05, 4.69) is 16.6 Å². The highest BCUT2D eigenvalue weighted by atomic mass is 19.1. The van der Waals surface area contributed by atoms with Crippen LogP contribution in [0.5, 0.6) is 0 Å².